The summed E-state index contributed by atoms with van der Waals surface area (Å²) in [6, 6.07) is 0. The largest absolute Gasteiger partial charge is 0.0993 e. The van der Waals surface area contributed by atoms with Crippen LogP contribution in [-0.4, -0.2) is 0 Å². The molecular weight excluding hydrogens is 180 g/mol. The maximum absolute atomic E-state index is 4.44. The van der Waals surface area contributed by atoms with Crippen molar-refractivity contribution in [2.75, 3.05) is 0 Å². The van der Waals surface area contributed by atoms with E-state index < -0.39 is 0 Å². The van der Waals surface area contributed by atoms with Gasteiger partial charge >= 0.3 is 0 Å². The van der Waals surface area contributed by atoms with Crippen molar-refractivity contribution in [1.29, 1.82) is 0 Å². The highest BCUT2D eigenvalue weighted by Crippen LogP contribution is 2.93. The van der Waals surface area contributed by atoms with Crippen LogP contribution in [0.25, 0.3) is 0 Å². The summed E-state index contributed by atoms with van der Waals surface area (Å²) < 4.78 is 0. The van der Waals surface area contributed by atoms with Gasteiger partial charge in [0.05, 0.1) is 0 Å². The Balaban J connectivity index is 1.86. The number of allylic oxidation sites excluding steroid dienone is 1. The summed E-state index contributed by atoms with van der Waals surface area (Å²) in [4.78, 5) is 0. The standard InChI is InChI=1S/C15H22/c1-9-5-6-11-14(4)8-7-10-12(13(10,2)3)15(9,11)14/h10-12H,1,5-8H2,2-4H3/t10-,11-,12+,14+,15-/m0/s1. The lowest BCUT2D eigenvalue weighted by molar-refractivity contribution is 0.266. The van der Waals surface area contributed by atoms with Crippen molar-refractivity contribution in [3.05, 3.63) is 12.2 Å². The summed E-state index contributed by atoms with van der Waals surface area (Å²) in [6.45, 7) is 12.0. The summed E-state index contributed by atoms with van der Waals surface area (Å²) >= 11 is 0. The zero-order valence-electron chi connectivity index (χ0n) is 10.3. The summed E-state index contributed by atoms with van der Waals surface area (Å²) in [5.74, 6) is 3.06. The Kier molecular flexibility index (Phi) is 1.15. The SMILES string of the molecule is C=C1CC[C@@H]2[C@]13[C@@H]1[C@H](CC[C@]23C)C1(C)C. The minimum atomic E-state index is 0.624. The molecule has 0 heterocycles. The van der Waals surface area contributed by atoms with E-state index in [0.29, 0.717) is 16.2 Å². The van der Waals surface area contributed by atoms with Crippen LogP contribution >= 0.6 is 0 Å². The van der Waals surface area contributed by atoms with Crippen LogP contribution in [0.3, 0.4) is 0 Å². The van der Waals surface area contributed by atoms with Gasteiger partial charge in [0.15, 0.2) is 0 Å². The smallest absolute Gasteiger partial charge is 0.00360 e. The van der Waals surface area contributed by atoms with Gasteiger partial charge in [0.25, 0.3) is 0 Å². The Bertz CT molecular complexity index is 377. The van der Waals surface area contributed by atoms with Crippen molar-refractivity contribution in [2.45, 2.75) is 46.5 Å². The van der Waals surface area contributed by atoms with Crippen LogP contribution in [0.5, 0.6) is 0 Å². The van der Waals surface area contributed by atoms with Crippen LogP contribution in [0.4, 0.5) is 0 Å². The molecule has 4 rings (SSSR count). The molecule has 0 unspecified atom stereocenters. The van der Waals surface area contributed by atoms with Gasteiger partial charge in [-0.15, -0.1) is 0 Å². The molecule has 0 saturated heterocycles. The minimum absolute atomic E-state index is 0.624. The van der Waals surface area contributed by atoms with Gasteiger partial charge in [-0.3, -0.25) is 0 Å². The van der Waals surface area contributed by atoms with Gasteiger partial charge in [0.2, 0.25) is 0 Å². The number of hydrogen-bond acceptors (Lipinski definition) is 0. The van der Waals surface area contributed by atoms with Crippen molar-refractivity contribution in [3.63, 3.8) is 0 Å². The topological polar surface area (TPSA) is 0 Å². The molecule has 4 fully saturated rings. The third-order valence-electron chi connectivity index (χ3n) is 7.02. The second-order valence-electron chi connectivity index (χ2n) is 7.43. The Morgan fingerprint density at radius 3 is 2.67 bits per heavy atom. The summed E-state index contributed by atoms with van der Waals surface area (Å²) in [7, 11) is 0. The van der Waals surface area contributed by atoms with Gasteiger partial charge < -0.3 is 0 Å². The third-order valence-corrected chi connectivity index (χ3v) is 7.02. The molecule has 4 aliphatic carbocycles. The van der Waals surface area contributed by atoms with E-state index in [1.165, 1.54) is 25.7 Å². The van der Waals surface area contributed by atoms with Crippen molar-refractivity contribution >= 4 is 0 Å². The molecule has 5 atom stereocenters. The third kappa shape index (κ3) is 0.610. The average Bonchev–Trinajstić information content (AvgIpc) is 2.84. The van der Waals surface area contributed by atoms with E-state index in [1.54, 1.807) is 5.57 Å². The van der Waals surface area contributed by atoms with Crippen LogP contribution < -0.4 is 0 Å². The molecule has 15 heavy (non-hydrogen) atoms. The van der Waals surface area contributed by atoms with E-state index in [-0.39, 0.29) is 0 Å². The van der Waals surface area contributed by atoms with Gasteiger partial charge in [-0.2, -0.15) is 0 Å². The zero-order valence-corrected chi connectivity index (χ0v) is 10.3. The molecule has 0 amide bonds. The van der Waals surface area contributed by atoms with Crippen LogP contribution in [-0.2, 0) is 0 Å². The lowest BCUT2D eigenvalue weighted by Gasteiger charge is -2.29. The van der Waals surface area contributed by atoms with E-state index in [0.717, 1.165) is 17.8 Å². The van der Waals surface area contributed by atoms with Crippen molar-refractivity contribution in [1.82, 2.24) is 0 Å². The molecule has 0 radical (unpaired) electrons. The van der Waals surface area contributed by atoms with E-state index in [2.05, 4.69) is 27.4 Å². The number of fused-ring (bicyclic) bond motifs is 2. The first-order valence-electron chi connectivity index (χ1n) is 6.65. The Morgan fingerprint density at radius 1 is 1.20 bits per heavy atom. The summed E-state index contributed by atoms with van der Waals surface area (Å²) in [5.41, 5.74) is 3.58. The van der Waals surface area contributed by atoms with E-state index in [9.17, 15) is 0 Å². The van der Waals surface area contributed by atoms with E-state index >= 15 is 0 Å². The molecule has 0 bridgehead atoms. The summed E-state index contributed by atoms with van der Waals surface area (Å²) in [6.07, 6.45) is 5.77. The maximum Gasteiger partial charge on any atom is 0.00360 e. The fraction of sp³-hybridized carbons (Fsp3) is 0.867. The monoisotopic (exact) mass is 202 g/mol. The average molecular weight is 202 g/mol. The molecular formula is C15H22. The Morgan fingerprint density at radius 2 is 1.93 bits per heavy atom. The molecule has 0 aromatic carbocycles. The lowest BCUT2D eigenvalue weighted by atomic mass is 9.75. The molecule has 0 nitrogen and oxygen atoms in total. The second kappa shape index (κ2) is 1.96. The first kappa shape index (κ1) is 8.84. The molecule has 0 aromatic heterocycles. The van der Waals surface area contributed by atoms with Crippen molar-refractivity contribution in [3.8, 4) is 0 Å². The molecule has 4 saturated carbocycles. The van der Waals surface area contributed by atoms with Crippen LogP contribution in [0.1, 0.15) is 46.5 Å². The molecule has 0 heteroatoms. The highest BCUT2D eigenvalue weighted by molar-refractivity contribution is 5.45. The molecule has 1 spiro atoms. The Hall–Kier alpha value is -0.260. The van der Waals surface area contributed by atoms with Crippen LogP contribution in [0.2, 0.25) is 0 Å². The maximum atomic E-state index is 4.44. The summed E-state index contributed by atoms with van der Waals surface area (Å²) in [5, 5.41) is 0. The first-order valence-corrected chi connectivity index (χ1v) is 6.65. The van der Waals surface area contributed by atoms with Crippen molar-refractivity contribution in [2.24, 2.45) is 34.0 Å². The Labute approximate surface area is 93.1 Å². The normalized spacial score (nSPS) is 63.1. The van der Waals surface area contributed by atoms with Gasteiger partial charge in [-0.05, 0) is 54.3 Å². The van der Waals surface area contributed by atoms with Crippen LogP contribution in [0.15, 0.2) is 12.2 Å². The fourth-order valence-electron chi connectivity index (χ4n) is 6.35. The highest BCUT2D eigenvalue weighted by atomic mass is 14.9. The predicted molar refractivity (Wildman–Crippen MR) is 62.4 cm³/mol. The number of hydrogen-bond donors (Lipinski definition) is 0. The van der Waals surface area contributed by atoms with Gasteiger partial charge in [-0.1, -0.05) is 32.9 Å². The zero-order chi connectivity index (χ0) is 10.6. The minimum Gasteiger partial charge on any atom is -0.0993 e. The fourth-order valence-corrected chi connectivity index (χ4v) is 6.35. The number of rotatable bonds is 0. The van der Waals surface area contributed by atoms with E-state index in [4.69, 9.17) is 0 Å². The van der Waals surface area contributed by atoms with Gasteiger partial charge in [0, 0.05) is 5.41 Å². The molecule has 82 valence electrons. The quantitative estimate of drug-likeness (QED) is 0.520. The van der Waals surface area contributed by atoms with Gasteiger partial charge in [-0.25, -0.2) is 0 Å². The van der Waals surface area contributed by atoms with E-state index in [1.807, 2.05) is 0 Å². The van der Waals surface area contributed by atoms with Gasteiger partial charge in [0.1, 0.15) is 0 Å². The lowest BCUT2D eigenvalue weighted by Crippen LogP contribution is -2.21. The highest BCUT2D eigenvalue weighted by Gasteiger charge is 2.87. The molecule has 0 aliphatic heterocycles. The molecule has 4 aliphatic rings. The van der Waals surface area contributed by atoms with Crippen molar-refractivity contribution < 1.29 is 0 Å². The van der Waals surface area contributed by atoms with Crippen LogP contribution in [0, 0.1) is 34.0 Å². The molecule has 0 aromatic rings. The first-order chi connectivity index (χ1) is 6.97. The molecule has 0 N–H and O–H groups in total. The second-order valence-corrected chi connectivity index (χ2v) is 7.43. The predicted octanol–water partition coefficient (Wildman–Crippen LogP) is 4.02.